The summed E-state index contributed by atoms with van der Waals surface area (Å²) < 4.78 is 0. The molecule has 0 radical (unpaired) electrons. The Morgan fingerprint density at radius 1 is 1.20 bits per heavy atom. The Bertz CT molecular complexity index is 34.9. The van der Waals surface area contributed by atoms with Crippen LogP contribution in [0, 0.1) is 0 Å². The zero-order valence-electron chi connectivity index (χ0n) is 6.64. The summed E-state index contributed by atoms with van der Waals surface area (Å²) >= 11 is 0. The average molecular weight is 225 g/mol. The van der Waals surface area contributed by atoms with Crippen molar-refractivity contribution in [1.82, 2.24) is 0 Å². The monoisotopic (exact) mass is 224 g/mol. The van der Waals surface area contributed by atoms with Crippen molar-refractivity contribution in [3.63, 3.8) is 0 Å². The van der Waals surface area contributed by atoms with Gasteiger partial charge in [-0.05, 0) is 6.42 Å². The van der Waals surface area contributed by atoms with Crippen molar-refractivity contribution in [3.8, 4) is 0 Å². The molecule has 0 aliphatic heterocycles. The molecule has 0 rings (SSSR count). The molecule has 0 aliphatic rings. The van der Waals surface area contributed by atoms with Gasteiger partial charge in [0.25, 0.3) is 0 Å². The number of hydrogen-bond donors (Lipinski definition) is 3. The van der Waals surface area contributed by atoms with Crippen LogP contribution in [-0.2, 0) is 26.2 Å². The second kappa shape index (κ2) is 22.6. The standard InChI is InChI=1S/C4H10O.C2H8N2.Zr/c1-2-3-4-5;3-1-2-4;/h5H,2-4H2,1H3;1-4H2;. The van der Waals surface area contributed by atoms with E-state index in [1.165, 1.54) is 0 Å². The smallest absolute Gasteiger partial charge is 0.0430 e. The summed E-state index contributed by atoms with van der Waals surface area (Å²) in [6.07, 6.45) is 2.04. The summed E-state index contributed by atoms with van der Waals surface area (Å²) in [5.74, 6) is 0. The fourth-order valence-corrected chi connectivity index (χ4v) is 0.158. The minimum Gasteiger partial charge on any atom is -0.396 e. The van der Waals surface area contributed by atoms with E-state index in [2.05, 4.69) is 6.92 Å². The number of aliphatic hydroxyl groups is 1. The van der Waals surface area contributed by atoms with Crippen molar-refractivity contribution in [2.24, 2.45) is 11.5 Å². The molecule has 0 spiro atoms. The number of nitrogens with two attached hydrogens (primary N) is 2. The molecule has 62 valence electrons. The SMILES string of the molecule is CCCCO.NCCN.[Zr]. The fraction of sp³-hybridized carbons (Fsp3) is 1.00. The zero-order valence-corrected chi connectivity index (χ0v) is 9.10. The van der Waals surface area contributed by atoms with Crippen LogP contribution in [0.3, 0.4) is 0 Å². The van der Waals surface area contributed by atoms with Gasteiger partial charge < -0.3 is 16.6 Å². The zero-order chi connectivity index (χ0) is 7.54. The van der Waals surface area contributed by atoms with Gasteiger partial charge in [0.2, 0.25) is 0 Å². The molecular formula is C6H18N2OZr. The maximum Gasteiger partial charge on any atom is 0.0430 e. The molecule has 10 heavy (non-hydrogen) atoms. The van der Waals surface area contributed by atoms with Crippen LogP contribution >= 0.6 is 0 Å². The van der Waals surface area contributed by atoms with Crippen LogP contribution < -0.4 is 11.5 Å². The van der Waals surface area contributed by atoms with Gasteiger partial charge in [-0.3, -0.25) is 0 Å². The summed E-state index contributed by atoms with van der Waals surface area (Å²) in [6, 6.07) is 0. The van der Waals surface area contributed by atoms with Gasteiger partial charge in [0.05, 0.1) is 0 Å². The van der Waals surface area contributed by atoms with Crippen LogP contribution in [0.4, 0.5) is 0 Å². The van der Waals surface area contributed by atoms with Crippen molar-refractivity contribution in [2.45, 2.75) is 19.8 Å². The predicted octanol–water partition coefficient (Wildman–Crippen LogP) is -0.320. The Kier molecular flexibility index (Phi) is 38.4. The normalized spacial score (nSPS) is 7.20. The van der Waals surface area contributed by atoms with Crippen LogP contribution in [0.1, 0.15) is 19.8 Å². The summed E-state index contributed by atoms with van der Waals surface area (Å²) in [6.45, 7) is 3.59. The molecule has 0 atom stereocenters. The van der Waals surface area contributed by atoms with Gasteiger partial charge in [-0.25, -0.2) is 0 Å². The van der Waals surface area contributed by atoms with Gasteiger partial charge in [0.1, 0.15) is 0 Å². The largest absolute Gasteiger partial charge is 0.396 e. The first-order valence-corrected chi connectivity index (χ1v) is 3.34. The second-order valence-electron chi connectivity index (χ2n) is 1.65. The molecule has 0 aromatic carbocycles. The van der Waals surface area contributed by atoms with Crippen LogP contribution in [0.25, 0.3) is 0 Å². The van der Waals surface area contributed by atoms with E-state index in [9.17, 15) is 0 Å². The molecule has 0 unspecified atom stereocenters. The second-order valence-corrected chi connectivity index (χ2v) is 1.65. The van der Waals surface area contributed by atoms with Crippen molar-refractivity contribution < 1.29 is 31.3 Å². The third-order valence-electron chi connectivity index (χ3n) is 0.678. The Balaban J connectivity index is -0.0000000910. The first-order valence-electron chi connectivity index (χ1n) is 3.34. The Labute approximate surface area is 82.3 Å². The summed E-state index contributed by atoms with van der Waals surface area (Å²) in [5.41, 5.74) is 9.81. The van der Waals surface area contributed by atoms with E-state index in [4.69, 9.17) is 16.6 Å². The first kappa shape index (κ1) is 17.0. The molecule has 4 heteroatoms. The van der Waals surface area contributed by atoms with E-state index < -0.39 is 0 Å². The van der Waals surface area contributed by atoms with Crippen molar-refractivity contribution in [3.05, 3.63) is 0 Å². The van der Waals surface area contributed by atoms with Gasteiger partial charge >= 0.3 is 0 Å². The average Bonchev–Trinajstić information content (AvgIpc) is 1.91. The van der Waals surface area contributed by atoms with Crippen LogP contribution in [0.2, 0.25) is 0 Å². The molecule has 0 heterocycles. The van der Waals surface area contributed by atoms with Crippen LogP contribution in [-0.4, -0.2) is 24.8 Å². The number of rotatable bonds is 3. The van der Waals surface area contributed by atoms with E-state index in [1.54, 1.807) is 0 Å². The van der Waals surface area contributed by atoms with E-state index in [0.29, 0.717) is 19.7 Å². The van der Waals surface area contributed by atoms with E-state index in [1.807, 2.05) is 0 Å². The van der Waals surface area contributed by atoms with Gasteiger partial charge in [0, 0.05) is 45.9 Å². The van der Waals surface area contributed by atoms with Gasteiger partial charge in [0.15, 0.2) is 0 Å². The summed E-state index contributed by atoms with van der Waals surface area (Å²) in [7, 11) is 0. The molecule has 0 bridgehead atoms. The quantitative estimate of drug-likeness (QED) is 0.616. The molecule has 0 amide bonds. The van der Waals surface area contributed by atoms with Crippen molar-refractivity contribution in [1.29, 1.82) is 0 Å². The first-order chi connectivity index (χ1) is 4.33. The Hall–Kier alpha value is 0.763. The van der Waals surface area contributed by atoms with E-state index >= 15 is 0 Å². The van der Waals surface area contributed by atoms with Crippen molar-refractivity contribution >= 4 is 0 Å². The van der Waals surface area contributed by atoms with Crippen LogP contribution in [0.15, 0.2) is 0 Å². The third kappa shape index (κ3) is 37.3. The minimum atomic E-state index is 0. The van der Waals surface area contributed by atoms with Gasteiger partial charge in [-0.15, -0.1) is 0 Å². The summed E-state index contributed by atoms with van der Waals surface area (Å²) in [4.78, 5) is 0. The maximum absolute atomic E-state index is 8.07. The van der Waals surface area contributed by atoms with Gasteiger partial charge in [-0.2, -0.15) is 0 Å². The topological polar surface area (TPSA) is 72.3 Å². The molecule has 0 aromatic rings. The van der Waals surface area contributed by atoms with E-state index in [0.717, 1.165) is 12.8 Å². The summed E-state index contributed by atoms with van der Waals surface area (Å²) in [5, 5.41) is 8.07. The Morgan fingerprint density at radius 3 is 1.60 bits per heavy atom. The van der Waals surface area contributed by atoms with E-state index in [-0.39, 0.29) is 26.2 Å². The molecule has 0 aromatic heterocycles. The molecular weight excluding hydrogens is 207 g/mol. The number of hydrogen-bond acceptors (Lipinski definition) is 3. The van der Waals surface area contributed by atoms with Gasteiger partial charge in [-0.1, -0.05) is 13.3 Å². The fourth-order valence-electron chi connectivity index (χ4n) is 0.158. The molecule has 0 saturated heterocycles. The molecule has 5 N–H and O–H groups in total. The number of unbranched alkanes of at least 4 members (excludes halogenated alkanes) is 1. The van der Waals surface area contributed by atoms with Crippen LogP contribution in [0.5, 0.6) is 0 Å². The molecule has 0 aliphatic carbocycles. The molecule has 3 nitrogen and oxygen atoms in total. The predicted molar refractivity (Wildman–Crippen MR) is 40.1 cm³/mol. The maximum atomic E-state index is 8.07. The Morgan fingerprint density at radius 2 is 1.60 bits per heavy atom. The molecule has 0 fully saturated rings. The minimum absolute atomic E-state index is 0. The third-order valence-corrected chi connectivity index (χ3v) is 0.678. The number of aliphatic hydroxyl groups excluding tert-OH is 1. The van der Waals surface area contributed by atoms with Crippen molar-refractivity contribution in [2.75, 3.05) is 19.7 Å². The molecule has 0 saturated carbocycles.